The number of benzene rings is 2. The Morgan fingerprint density at radius 3 is 2.56 bits per heavy atom. The van der Waals surface area contributed by atoms with Gasteiger partial charge in [-0.1, -0.05) is 0 Å². The van der Waals surface area contributed by atoms with E-state index in [1.54, 1.807) is 54.5 Å². The molecule has 0 spiro atoms. The number of carbonyl (C=O) groups is 2. The highest BCUT2D eigenvalue weighted by molar-refractivity contribution is 6.04. The predicted molar refractivity (Wildman–Crippen MR) is 99.8 cm³/mol. The molecule has 3 rings (SSSR count). The van der Waals surface area contributed by atoms with Crippen molar-refractivity contribution in [1.29, 1.82) is 5.26 Å². The van der Waals surface area contributed by atoms with Gasteiger partial charge >= 0.3 is 0 Å². The molecule has 1 saturated heterocycles. The van der Waals surface area contributed by atoms with E-state index in [1.807, 2.05) is 6.07 Å². The number of rotatable bonds is 5. The maximum Gasteiger partial charge on any atom is 0.229 e. The zero-order chi connectivity index (χ0) is 19.4. The van der Waals surface area contributed by atoms with Crippen LogP contribution in [0, 0.1) is 17.2 Å². The van der Waals surface area contributed by atoms with Crippen molar-refractivity contribution in [2.75, 3.05) is 31.0 Å². The fourth-order valence-electron chi connectivity index (χ4n) is 3.00. The summed E-state index contributed by atoms with van der Waals surface area (Å²) in [6, 6.07) is 13.8. The number of amides is 2. The van der Waals surface area contributed by atoms with Gasteiger partial charge in [-0.25, -0.2) is 0 Å². The third-order valence-corrected chi connectivity index (χ3v) is 4.45. The van der Waals surface area contributed by atoms with Gasteiger partial charge in [0.25, 0.3) is 0 Å². The highest BCUT2D eigenvalue weighted by Crippen LogP contribution is 2.36. The van der Waals surface area contributed by atoms with Gasteiger partial charge in [-0.2, -0.15) is 5.26 Å². The normalized spacial score (nSPS) is 16.0. The van der Waals surface area contributed by atoms with Gasteiger partial charge in [0.2, 0.25) is 11.8 Å². The zero-order valence-electron chi connectivity index (χ0n) is 15.1. The number of carbonyl (C=O) groups excluding carboxylic acids is 2. The minimum absolute atomic E-state index is 0.114. The Morgan fingerprint density at radius 1 is 1.19 bits per heavy atom. The lowest BCUT2D eigenvalue weighted by atomic mass is 10.1. The van der Waals surface area contributed by atoms with Crippen LogP contribution in [0.5, 0.6) is 11.5 Å². The molecule has 1 heterocycles. The molecule has 1 aliphatic rings. The molecule has 1 unspecified atom stereocenters. The smallest absolute Gasteiger partial charge is 0.229 e. The maximum absolute atomic E-state index is 12.6. The standard InChI is InChI=1S/C20H19N3O4/c1-26-16-7-8-18(27-2)17(10-16)23-12-14(9-19(23)24)20(25)22-15-5-3-13(11-21)4-6-15/h3-8,10,14H,9,12H2,1-2H3,(H,22,25). The van der Waals surface area contributed by atoms with Gasteiger partial charge in [0, 0.05) is 24.7 Å². The molecule has 1 aliphatic heterocycles. The van der Waals surface area contributed by atoms with Gasteiger partial charge in [0.15, 0.2) is 0 Å². The van der Waals surface area contributed by atoms with Crippen LogP contribution in [0.2, 0.25) is 0 Å². The summed E-state index contributed by atoms with van der Waals surface area (Å²) in [5.74, 6) is 0.268. The number of anilines is 2. The van der Waals surface area contributed by atoms with E-state index < -0.39 is 5.92 Å². The molecule has 0 aliphatic carbocycles. The first-order valence-corrected chi connectivity index (χ1v) is 8.39. The van der Waals surface area contributed by atoms with Gasteiger partial charge < -0.3 is 19.7 Å². The van der Waals surface area contributed by atoms with Crippen molar-refractivity contribution >= 4 is 23.2 Å². The van der Waals surface area contributed by atoms with Crippen LogP contribution in [0.25, 0.3) is 0 Å². The lowest BCUT2D eigenvalue weighted by molar-refractivity contribution is -0.122. The van der Waals surface area contributed by atoms with Gasteiger partial charge in [0.05, 0.1) is 37.5 Å². The summed E-state index contributed by atoms with van der Waals surface area (Å²) >= 11 is 0. The molecule has 27 heavy (non-hydrogen) atoms. The largest absolute Gasteiger partial charge is 0.497 e. The van der Waals surface area contributed by atoms with Gasteiger partial charge in [-0.15, -0.1) is 0 Å². The van der Waals surface area contributed by atoms with E-state index in [0.717, 1.165) is 0 Å². The summed E-state index contributed by atoms with van der Waals surface area (Å²) in [5.41, 5.74) is 1.68. The lowest BCUT2D eigenvalue weighted by Gasteiger charge is -2.20. The quantitative estimate of drug-likeness (QED) is 0.879. The van der Waals surface area contributed by atoms with Crippen LogP contribution in [-0.4, -0.2) is 32.6 Å². The molecule has 1 atom stereocenters. The Bertz CT molecular complexity index is 902. The minimum atomic E-state index is -0.482. The molecular formula is C20H19N3O4. The van der Waals surface area contributed by atoms with Gasteiger partial charge in [-0.05, 0) is 36.4 Å². The van der Waals surface area contributed by atoms with Gasteiger partial charge in [-0.3, -0.25) is 9.59 Å². The maximum atomic E-state index is 12.6. The van der Waals surface area contributed by atoms with Crippen molar-refractivity contribution in [3.05, 3.63) is 48.0 Å². The monoisotopic (exact) mass is 365 g/mol. The molecule has 0 bridgehead atoms. The molecule has 7 heteroatoms. The number of nitrogens with zero attached hydrogens (tertiary/aromatic N) is 2. The van der Waals surface area contributed by atoms with E-state index in [4.69, 9.17) is 14.7 Å². The first-order valence-electron chi connectivity index (χ1n) is 8.39. The van der Waals surface area contributed by atoms with Crippen molar-refractivity contribution in [3.63, 3.8) is 0 Å². The van der Waals surface area contributed by atoms with E-state index in [1.165, 1.54) is 7.11 Å². The molecule has 7 nitrogen and oxygen atoms in total. The van der Waals surface area contributed by atoms with Gasteiger partial charge in [0.1, 0.15) is 11.5 Å². The van der Waals surface area contributed by atoms with Crippen LogP contribution in [0.15, 0.2) is 42.5 Å². The van der Waals surface area contributed by atoms with Crippen LogP contribution in [0.1, 0.15) is 12.0 Å². The highest BCUT2D eigenvalue weighted by Gasteiger charge is 2.36. The first kappa shape index (κ1) is 18.3. The Morgan fingerprint density at radius 2 is 1.93 bits per heavy atom. The third kappa shape index (κ3) is 3.85. The SMILES string of the molecule is COc1ccc(OC)c(N2CC(C(=O)Nc3ccc(C#N)cc3)CC2=O)c1. The Kier molecular flexibility index (Phi) is 5.27. The highest BCUT2D eigenvalue weighted by atomic mass is 16.5. The Hall–Kier alpha value is -3.53. The Labute approximate surface area is 157 Å². The molecule has 1 N–H and O–H groups in total. The topological polar surface area (TPSA) is 91.7 Å². The second kappa shape index (κ2) is 7.79. The first-order chi connectivity index (χ1) is 13.0. The molecule has 2 amide bonds. The van der Waals surface area contributed by atoms with Crippen LogP contribution in [-0.2, 0) is 9.59 Å². The number of methoxy groups -OCH3 is 2. The van der Waals surface area contributed by atoms with E-state index in [2.05, 4.69) is 5.32 Å². The lowest BCUT2D eigenvalue weighted by Crippen LogP contribution is -2.28. The van der Waals surface area contributed by atoms with Crippen molar-refractivity contribution in [3.8, 4) is 17.6 Å². The molecule has 0 aromatic heterocycles. The summed E-state index contributed by atoms with van der Waals surface area (Å²) in [7, 11) is 3.08. The number of ether oxygens (including phenoxy) is 2. The van der Waals surface area contributed by atoms with Crippen molar-refractivity contribution in [2.24, 2.45) is 5.92 Å². The Balaban J connectivity index is 1.75. The molecular weight excluding hydrogens is 346 g/mol. The van der Waals surface area contributed by atoms with E-state index in [-0.39, 0.29) is 24.8 Å². The third-order valence-electron chi connectivity index (χ3n) is 4.45. The molecule has 1 fully saturated rings. The summed E-state index contributed by atoms with van der Waals surface area (Å²) < 4.78 is 10.6. The average molecular weight is 365 g/mol. The summed E-state index contributed by atoms with van der Waals surface area (Å²) in [6.45, 7) is 0.254. The van der Waals surface area contributed by atoms with E-state index in [9.17, 15) is 9.59 Å². The van der Waals surface area contributed by atoms with E-state index in [0.29, 0.717) is 28.4 Å². The number of hydrogen-bond acceptors (Lipinski definition) is 5. The zero-order valence-corrected chi connectivity index (χ0v) is 15.1. The van der Waals surface area contributed by atoms with Crippen molar-refractivity contribution in [2.45, 2.75) is 6.42 Å². The summed E-state index contributed by atoms with van der Waals surface area (Å²) in [5, 5.41) is 11.6. The fraction of sp³-hybridized carbons (Fsp3) is 0.250. The molecule has 2 aromatic carbocycles. The summed E-state index contributed by atoms with van der Waals surface area (Å²) in [4.78, 5) is 26.6. The van der Waals surface area contributed by atoms with Crippen LogP contribution < -0.4 is 19.7 Å². The molecule has 0 radical (unpaired) electrons. The summed E-state index contributed by atoms with van der Waals surface area (Å²) in [6.07, 6.45) is 0.114. The predicted octanol–water partition coefficient (Wildman–Crippen LogP) is 2.57. The second-order valence-corrected chi connectivity index (χ2v) is 6.12. The average Bonchev–Trinajstić information content (AvgIpc) is 3.09. The molecule has 138 valence electrons. The van der Waals surface area contributed by atoms with Crippen LogP contribution in [0.4, 0.5) is 11.4 Å². The molecule has 2 aromatic rings. The second-order valence-electron chi connectivity index (χ2n) is 6.12. The van der Waals surface area contributed by atoms with Crippen molar-refractivity contribution < 1.29 is 19.1 Å². The van der Waals surface area contributed by atoms with Crippen LogP contribution in [0.3, 0.4) is 0 Å². The minimum Gasteiger partial charge on any atom is -0.497 e. The molecule has 0 saturated carbocycles. The number of hydrogen-bond donors (Lipinski definition) is 1. The fourth-order valence-corrected chi connectivity index (χ4v) is 3.00. The van der Waals surface area contributed by atoms with Crippen molar-refractivity contribution in [1.82, 2.24) is 0 Å². The van der Waals surface area contributed by atoms with E-state index >= 15 is 0 Å². The number of nitrogens with one attached hydrogen (secondary N) is 1. The number of nitriles is 1. The van der Waals surface area contributed by atoms with Crippen LogP contribution >= 0.6 is 0 Å².